The lowest BCUT2D eigenvalue weighted by molar-refractivity contribution is -0.138. The molecule has 21 heavy (non-hydrogen) atoms. The molecule has 1 N–H and O–H groups in total. The van der Waals surface area contributed by atoms with Crippen LogP contribution in [0.5, 0.6) is 0 Å². The molecule has 0 saturated carbocycles. The standard InChI is InChI=1S/C15H25NO5/c1-5-15(3,4)21-14(19)16-9-7-11(12(17)8-10-16)13(18)20-6-2/h17H,5-10H2,1-4H3. The van der Waals surface area contributed by atoms with Crippen molar-refractivity contribution < 1.29 is 24.2 Å². The van der Waals surface area contributed by atoms with Gasteiger partial charge in [0.25, 0.3) is 0 Å². The molecule has 0 bridgehead atoms. The van der Waals surface area contributed by atoms with E-state index in [4.69, 9.17) is 9.47 Å². The van der Waals surface area contributed by atoms with Crippen molar-refractivity contribution in [3.05, 3.63) is 11.3 Å². The third kappa shape index (κ3) is 4.95. The predicted molar refractivity (Wildman–Crippen MR) is 77.9 cm³/mol. The zero-order valence-electron chi connectivity index (χ0n) is 13.3. The number of hydrogen-bond donors (Lipinski definition) is 1. The first-order valence-electron chi connectivity index (χ1n) is 7.36. The van der Waals surface area contributed by atoms with Crippen molar-refractivity contribution in [3.8, 4) is 0 Å². The van der Waals surface area contributed by atoms with Crippen LogP contribution >= 0.6 is 0 Å². The summed E-state index contributed by atoms with van der Waals surface area (Å²) >= 11 is 0. The molecule has 0 aromatic rings. The molecule has 0 atom stereocenters. The second-order valence-corrected chi connectivity index (χ2v) is 5.61. The maximum Gasteiger partial charge on any atom is 0.410 e. The molecule has 6 nitrogen and oxygen atoms in total. The van der Waals surface area contributed by atoms with Crippen molar-refractivity contribution >= 4 is 12.1 Å². The van der Waals surface area contributed by atoms with Crippen LogP contribution in [0.3, 0.4) is 0 Å². The van der Waals surface area contributed by atoms with Gasteiger partial charge in [0, 0.05) is 25.9 Å². The van der Waals surface area contributed by atoms with Gasteiger partial charge in [0.2, 0.25) is 0 Å². The number of amides is 1. The number of carbonyl (C=O) groups is 2. The first-order chi connectivity index (χ1) is 9.80. The van der Waals surface area contributed by atoms with E-state index in [9.17, 15) is 14.7 Å². The van der Waals surface area contributed by atoms with E-state index >= 15 is 0 Å². The highest BCUT2D eigenvalue weighted by molar-refractivity contribution is 5.89. The SMILES string of the molecule is CCOC(=O)C1=C(O)CCN(C(=O)OC(C)(C)CC)CC1. The highest BCUT2D eigenvalue weighted by Crippen LogP contribution is 2.21. The zero-order valence-corrected chi connectivity index (χ0v) is 13.3. The molecule has 1 rings (SSSR count). The number of ether oxygens (including phenoxy) is 2. The molecule has 0 unspecified atom stereocenters. The summed E-state index contributed by atoms with van der Waals surface area (Å²) in [7, 11) is 0. The summed E-state index contributed by atoms with van der Waals surface area (Å²) in [6.45, 7) is 8.27. The Hall–Kier alpha value is -1.72. The number of aliphatic hydroxyl groups excluding tert-OH is 1. The summed E-state index contributed by atoms with van der Waals surface area (Å²) in [6, 6.07) is 0. The van der Waals surface area contributed by atoms with Crippen molar-refractivity contribution in [2.24, 2.45) is 0 Å². The lowest BCUT2D eigenvalue weighted by Gasteiger charge is -2.28. The number of hydrogen-bond acceptors (Lipinski definition) is 5. The van der Waals surface area contributed by atoms with Crippen molar-refractivity contribution in [1.29, 1.82) is 0 Å². The van der Waals surface area contributed by atoms with Crippen LogP contribution in [0.2, 0.25) is 0 Å². The number of rotatable bonds is 4. The van der Waals surface area contributed by atoms with Gasteiger partial charge in [0.15, 0.2) is 0 Å². The Morgan fingerprint density at radius 1 is 1.24 bits per heavy atom. The molecule has 1 heterocycles. The van der Waals surface area contributed by atoms with E-state index in [1.54, 1.807) is 6.92 Å². The van der Waals surface area contributed by atoms with Gasteiger partial charge in [-0.1, -0.05) is 6.92 Å². The van der Waals surface area contributed by atoms with Crippen LogP contribution in [-0.2, 0) is 14.3 Å². The topological polar surface area (TPSA) is 76.1 Å². The molecular weight excluding hydrogens is 274 g/mol. The van der Waals surface area contributed by atoms with E-state index in [2.05, 4.69) is 0 Å². The van der Waals surface area contributed by atoms with Crippen LogP contribution in [0.1, 0.15) is 47.0 Å². The molecule has 6 heteroatoms. The largest absolute Gasteiger partial charge is 0.512 e. The molecular formula is C15H25NO5. The van der Waals surface area contributed by atoms with E-state index in [1.807, 2.05) is 20.8 Å². The lowest BCUT2D eigenvalue weighted by atomic mass is 10.1. The Labute approximate surface area is 125 Å². The van der Waals surface area contributed by atoms with Gasteiger partial charge in [-0.2, -0.15) is 0 Å². The van der Waals surface area contributed by atoms with E-state index in [0.717, 1.165) is 0 Å². The number of nitrogens with zero attached hydrogens (tertiary/aromatic N) is 1. The molecule has 0 saturated heterocycles. The molecule has 120 valence electrons. The molecule has 0 radical (unpaired) electrons. The molecule has 0 fully saturated rings. The highest BCUT2D eigenvalue weighted by Gasteiger charge is 2.28. The van der Waals surface area contributed by atoms with Crippen LogP contribution in [0.25, 0.3) is 0 Å². The fraction of sp³-hybridized carbons (Fsp3) is 0.733. The molecule has 0 spiro atoms. The Balaban J connectivity index is 2.67. The first kappa shape index (κ1) is 17.3. The summed E-state index contributed by atoms with van der Waals surface area (Å²) in [4.78, 5) is 25.4. The average Bonchev–Trinajstić information content (AvgIpc) is 2.60. The monoisotopic (exact) mass is 299 g/mol. The van der Waals surface area contributed by atoms with Gasteiger partial charge >= 0.3 is 12.1 Å². The molecule has 0 aromatic heterocycles. The van der Waals surface area contributed by atoms with Gasteiger partial charge in [-0.15, -0.1) is 0 Å². The van der Waals surface area contributed by atoms with Gasteiger partial charge in [-0.25, -0.2) is 9.59 Å². The van der Waals surface area contributed by atoms with E-state index in [-0.39, 0.29) is 30.8 Å². The van der Waals surface area contributed by atoms with Crippen molar-refractivity contribution in [2.45, 2.75) is 52.6 Å². The van der Waals surface area contributed by atoms with Crippen molar-refractivity contribution in [3.63, 3.8) is 0 Å². The second kappa shape index (κ2) is 7.33. The van der Waals surface area contributed by atoms with E-state index in [1.165, 1.54) is 4.90 Å². The lowest BCUT2D eigenvalue weighted by Crippen LogP contribution is -2.38. The van der Waals surface area contributed by atoms with Crippen LogP contribution in [0.4, 0.5) is 4.79 Å². The van der Waals surface area contributed by atoms with Gasteiger partial charge in [-0.05, 0) is 27.2 Å². The Morgan fingerprint density at radius 2 is 1.86 bits per heavy atom. The number of carbonyl (C=O) groups excluding carboxylic acids is 2. The van der Waals surface area contributed by atoms with Crippen LogP contribution < -0.4 is 0 Å². The van der Waals surface area contributed by atoms with Gasteiger partial charge in [0.05, 0.1) is 12.2 Å². The predicted octanol–water partition coefficient (Wildman–Crippen LogP) is 2.78. The molecule has 1 aliphatic heterocycles. The molecule has 1 aliphatic rings. The quantitative estimate of drug-likeness (QED) is 0.808. The van der Waals surface area contributed by atoms with Crippen LogP contribution in [0.15, 0.2) is 11.3 Å². The van der Waals surface area contributed by atoms with Crippen molar-refractivity contribution in [1.82, 2.24) is 4.90 Å². The third-order valence-corrected chi connectivity index (χ3v) is 3.59. The smallest absolute Gasteiger partial charge is 0.410 e. The average molecular weight is 299 g/mol. The summed E-state index contributed by atoms with van der Waals surface area (Å²) < 4.78 is 10.3. The van der Waals surface area contributed by atoms with Crippen LogP contribution in [0, 0.1) is 0 Å². The Bertz CT molecular complexity index is 428. The summed E-state index contributed by atoms with van der Waals surface area (Å²) in [5, 5.41) is 9.92. The van der Waals surface area contributed by atoms with E-state index < -0.39 is 17.7 Å². The number of esters is 1. The molecule has 0 aliphatic carbocycles. The number of aliphatic hydroxyl groups is 1. The highest BCUT2D eigenvalue weighted by atomic mass is 16.6. The van der Waals surface area contributed by atoms with Crippen molar-refractivity contribution in [2.75, 3.05) is 19.7 Å². The zero-order chi connectivity index (χ0) is 16.0. The normalized spacial score (nSPS) is 16.5. The van der Waals surface area contributed by atoms with Gasteiger partial charge < -0.3 is 19.5 Å². The van der Waals surface area contributed by atoms with Crippen LogP contribution in [-0.4, -0.2) is 47.4 Å². The maximum absolute atomic E-state index is 12.1. The summed E-state index contributed by atoms with van der Waals surface area (Å²) in [5.74, 6) is -0.516. The molecule has 1 amide bonds. The minimum absolute atomic E-state index is 0.00139. The molecule has 0 aromatic carbocycles. The third-order valence-electron chi connectivity index (χ3n) is 3.59. The Morgan fingerprint density at radius 3 is 2.43 bits per heavy atom. The minimum atomic E-state index is -0.525. The summed E-state index contributed by atoms with van der Waals surface area (Å²) in [5.41, 5.74) is -0.273. The second-order valence-electron chi connectivity index (χ2n) is 5.61. The van der Waals surface area contributed by atoms with E-state index in [0.29, 0.717) is 19.5 Å². The van der Waals surface area contributed by atoms with Gasteiger partial charge in [0.1, 0.15) is 11.4 Å². The summed E-state index contributed by atoms with van der Waals surface area (Å²) in [6.07, 6.45) is 0.798. The fourth-order valence-electron chi connectivity index (χ4n) is 1.89. The maximum atomic E-state index is 12.1. The Kier molecular flexibility index (Phi) is 6.05. The fourth-order valence-corrected chi connectivity index (χ4v) is 1.89. The minimum Gasteiger partial charge on any atom is -0.512 e. The van der Waals surface area contributed by atoms with Gasteiger partial charge in [-0.3, -0.25) is 0 Å². The first-order valence-corrected chi connectivity index (χ1v) is 7.36.